The van der Waals surface area contributed by atoms with Crippen molar-refractivity contribution in [2.24, 2.45) is 5.92 Å². The molecule has 1 atom stereocenters. The third-order valence-corrected chi connectivity index (χ3v) is 4.21. The van der Waals surface area contributed by atoms with Crippen LogP contribution in [0.4, 0.5) is 0 Å². The molecule has 24 heavy (non-hydrogen) atoms. The maximum Gasteiger partial charge on any atom is 0.259 e. The van der Waals surface area contributed by atoms with Gasteiger partial charge in [-0.2, -0.15) is 0 Å². The summed E-state index contributed by atoms with van der Waals surface area (Å²) in [6.45, 7) is 6.22. The van der Waals surface area contributed by atoms with Gasteiger partial charge in [-0.05, 0) is 24.0 Å². The molecule has 0 fully saturated rings. The van der Waals surface area contributed by atoms with E-state index in [-0.39, 0.29) is 29.2 Å². The largest absolute Gasteiger partial charge is 0.496 e. The molecule has 1 heterocycles. The number of amides is 1. The lowest BCUT2D eigenvalue weighted by Gasteiger charge is -2.33. The summed E-state index contributed by atoms with van der Waals surface area (Å²) in [5.74, 6) is 0.321. The summed E-state index contributed by atoms with van der Waals surface area (Å²) in [6.07, 6.45) is 1.41. The van der Waals surface area contributed by atoms with Gasteiger partial charge in [-0.25, -0.2) is 0 Å². The first-order valence-corrected chi connectivity index (χ1v) is 7.96. The minimum Gasteiger partial charge on any atom is -0.496 e. The highest BCUT2D eigenvalue weighted by molar-refractivity contribution is 5.96. The monoisotopic (exact) mass is 328 g/mol. The lowest BCUT2D eigenvalue weighted by atomic mass is 9.91. The Morgan fingerprint density at radius 3 is 2.50 bits per heavy atom. The zero-order chi connectivity index (χ0) is 17.9. The predicted molar refractivity (Wildman–Crippen MR) is 94.5 cm³/mol. The molecule has 0 saturated heterocycles. The summed E-state index contributed by atoms with van der Waals surface area (Å²) in [5, 5.41) is 0. The molecule has 5 nitrogen and oxygen atoms in total. The average molecular weight is 328 g/mol. The minimum atomic E-state index is -0.301. The Kier molecular flexibility index (Phi) is 5.44. The van der Waals surface area contributed by atoms with Crippen LogP contribution in [0.5, 0.6) is 5.75 Å². The smallest absolute Gasteiger partial charge is 0.259 e. The van der Waals surface area contributed by atoms with Gasteiger partial charge in [0, 0.05) is 19.3 Å². The second-order valence-electron chi connectivity index (χ2n) is 6.24. The fourth-order valence-electron chi connectivity index (χ4n) is 3.04. The highest BCUT2D eigenvalue weighted by Crippen LogP contribution is 2.31. The van der Waals surface area contributed by atoms with Crippen LogP contribution in [-0.2, 0) is 0 Å². The predicted octanol–water partition coefficient (Wildman–Crippen LogP) is 3.16. The first kappa shape index (κ1) is 17.8. The molecule has 1 amide bonds. The zero-order valence-corrected chi connectivity index (χ0v) is 14.8. The number of aromatic amines is 1. The fraction of sp³-hybridized carbons (Fsp3) is 0.368. The Bertz CT molecular complexity index is 780. The van der Waals surface area contributed by atoms with Gasteiger partial charge in [0.15, 0.2) is 0 Å². The van der Waals surface area contributed by atoms with Crippen LogP contribution in [0, 0.1) is 12.8 Å². The molecule has 0 aliphatic rings. The second-order valence-corrected chi connectivity index (χ2v) is 6.24. The molecule has 0 bridgehead atoms. The topological polar surface area (TPSA) is 62.4 Å². The Hall–Kier alpha value is -2.56. The molecular formula is C19H24N2O3. The van der Waals surface area contributed by atoms with E-state index in [4.69, 9.17) is 4.74 Å². The van der Waals surface area contributed by atoms with Crippen molar-refractivity contribution in [3.63, 3.8) is 0 Å². The third kappa shape index (κ3) is 3.50. The Labute approximate surface area is 142 Å². The summed E-state index contributed by atoms with van der Waals surface area (Å²) in [6, 6.07) is 9.28. The lowest BCUT2D eigenvalue weighted by molar-refractivity contribution is 0.0682. The number of pyridine rings is 1. The molecule has 0 radical (unpaired) electrons. The molecule has 1 N–H and O–H groups in total. The number of aryl methyl sites for hydroxylation is 1. The Morgan fingerprint density at radius 1 is 1.25 bits per heavy atom. The summed E-state index contributed by atoms with van der Waals surface area (Å²) in [4.78, 5) is 28.7. The van der Waals surface area contributed by atoms with E-state index in [9.17, 15) is 9.59 Å². The van der Waals surface area contributed by atoms with Crippen LogP contribution in [0.1, 0.15) is 41.4 Å². The molecule has 1 aromatic carbocycles. The van der Waals surface area contributed by atoms with Gasteiger partial charge in [-0.15, -0.1) is 0 Å². The van der Waals surface area contributed by atoms with Gasteiger partial charge in [0.2, 0.25) is 0 Å². The maximum absolute atomic E-state index is 13.0. The van der Waals surface area contributed by atoms with Gasteiger partial charge in [-0.3, -0.25) is 9.59 Å². The number of aromatic nitrogens is 1. The third-order valence-electron chi connectivity index (χ3n) is 4.21. The second kappa shape index (κ2) is 7.34. The number of carbonyl (C=O) groups excluding carboxylic acids is 1. The minimum absolute atomic E-state index is 0.0738. The van der Waals surface area contributed by atoms with Crippen LogP contribution in [0.3, 0.4) is 0 Å². The first-order valence-electron chi connectivity index (χ1n) is 7.96. The average Bonchev–Trinajstić information content (AvgIpc) is 2.55. The number of hydrogen-bond acceptors (Lipinski definition) is 3. The van der Waals surface area contributed by atoms with Crippen molar-refractivity contribution in [3.8, 4) is 5.75 Å². The van der Waals surface area contributed by atoms with Crippen LogP contribution in [0.25, 0.3) is 0 Å². The first-order chi connectivity index (χ1) is 11.4. The molecule has 0 spiro atoms. The van der Waals surface area contributed by atoms with Crippen LogP contribution in [-0.4, -0.2) is 29.9 Å². The SMILES string of the molecule is COc1cc(=O)[nH]cc1C(=O)N(C)C(c1ccccc1C)C(C)C. The lowest BCUT2D eigenvalue weighted by Crippen LogP contribution is -2.35. The van der Waals surface area contributed by atoms with Crippen molar-refractivity contribution < 1.29 is 9.53 Å². The Morgan fingerprint density at radius 2 is 1.92 bits per heavy atom. The van der Waals surface area contributed by atoms with E-state index in [1.165, 1.54) is 19.4 Å². The molecule has 128 valence electrons. The van der Waals surface area contributed by atoms with E-state index >= 15 is 0 Å². The van der Waals surface area contributed by atoms with E-state index in [0.29, 0.717) is 5.56 Å². The molecule has 2 aromatic rings. The van der Waals surface area contributed by atoms with E-state index in [1.807, 2.05) is 31.2 Å². The molecule has 0 saturated carbocycles. The van der Waals surface area contributed by atoms with Crippen molar-refractivity contribution in [3.05, 3.63) is 63.6 Å². The van der Waals surface area contributed by atoms with Gasteiger partial charge in [-0.1, -0.05) is 38.1 Å². The summed E-state index contributed by atoms with van der Waals surface area (Å²) < 4.78 is 5.20. The molecular weight excluding hydrogens is 304 g/mol. The number of H-pyrrole nitrogens is 1. The summed E-state index contributed by atoms with van der Waals surface area (Å²) in [7, 11) is 3.23. The van der Waals surface area contributed by atoms with Crippen LogP contribution in [0.2, 0.25) is 0 Å². The van der Waals surface area contributed by atoms with Crippen molar-refractivity contribution in [1.29, 1.82) is 0 Å². The zero-order valence-electron chi connectivity index (χ0n) is 14.8. The fourth-order valence-corrected chi connectivity index (χ4v) is 3.04. The molecule has 1 unspecified atom stereocenters. The van der Waals surface area contributed by atoms with Crippen molar-refractivity contribution in [1.82, 2.24) is 9.88 Å². The van der Waals surface area contributed by atoms with E-state index in [0.717, 1.165) is 11.1 Å². The number of methoxy groups -OCH3 is 1. The van der Waals surface area contributed by atoms with Crippen molar-refractivity contribution in [2.75, 3.05) is 14.2 Å². The van der Waals surface area contributed by atoms with E-state index in [2.05, 4.69) is 18.8 Å². The van der Waals surface area contributed by atoms with Crippen LogP contribution >= 0.6 is 0 Å². The number of nitrogens with zero attached hydrogens (tertiary/aromatic N) is 1. The molecule has 5 heteroatoms. The molecule has 1 aromatic heterocycles. The van der Waals surface area contributed by atoms with Gasteiger partial charge >= 0.3 is 0 Å². The highest BCUT2D eigenvalue weighted by Gasteiger charge is 2.28. The number of benzene rings is 1. The Balaban J connectivity index is 2.44. The number of hydrogen-bond donors (Lipinski definition) is 1. The van der Waals surface area contributed by atoms with Gasteiger partial charge in [0.05, 0.1) is 18.7 Å². The van der Waals surface area contributed by atoms with Crippen LogP contribution in [0.15, 0.2) is 41.3 Å². The summed E-state index contributed by atoms with van der Waals surface area (Å²) in [5.41, 5.74) is 2.31. The number of rotatable bonds is 5. The molecule has 2 rings (SSSR count). The molecule has 0 aliphatic carbocycles. The normalized spacial score (nSPS) is 12.1. The number of ether oxygens (including phenoxy) is 1. The maximum atomic E-state index is 13.0. The molecule has 0 aliphatic heterocycles. The van der Waals surface area contributed by atoms with E-state index < -0.39 is 0 Å². The van der Waals surface area contributed by atoms with Gasteiger partial charge in [0.1, 0.15) is 5.75 Å². The van der Waals surface area contributed by atoms with Crippen molar-refractivity contribution in [2.45, 2.75) is 26.8 Å². The summed E-state index contributed by atoms with van der Waals surface area (Å²) >= 11 is 0. The standard InChI is InChI=1S/C19H24N2O3/c1-12(2)18(14-9-7-6-8-13(14)3)21(4)19(23)15-11-20-17(22)10-16(15)24-5/h6-12,18H,1-5H3,(H,20,22). The van der Waals surface area contributed by atoms with Crippen molar-refractivity contribution >= 4 is 5.91 Å². The van der Waals surface area contributed by atoms with Gasteiger partial charge < -0.3 is 14.6 Å². The number of carbonyl (C=O) groups is 1. The van der Waals surface area contributed by atoms with E-state index in [1.54, 1.807) is 11.9 Å². The quantitative estimate of drug-likeness (QED) is 0.917. The van der Waals surface area contributed by atoms with Gasteiger partial charge in [0.25, 0.3) is 11.5 Å². The highest BCUT2D eigenvalue weighted by atomic mass is 16.5. The number of nitrogens with one attached hydrogen (secondary N) is 1. The van der Waals surface area contributed by atoms with Crippen LogP contribution < -0.4 is 10.3 Å².